The molecule has 1 aromatic heterocycles. The third kappa shape index (κ3) is 1.90. The Hall–Kier alpha value is -1.03. The third-order valence-electron chi connectivity index (χ3n) is 3.04. The van der Waals surface area contributed by atoms with Crippen molar-refractivity contribution in [1.82, 2.24) is 9.78 Å². The second-order valence-electron chi connectivity index (χ2n) is 4.26. The van der Waals surface area contributed by atoms with Crippen molar-refractivity contribution >= 4 is 5.82 Å². The number of hydrogen-bond acceptors (Lipinski definition) is 3. The lowest BCUT2D eigenvalue weighted by Crippen LogP contribution is -2.43. The van der Waals surface area contributed by atoms with E-state index in [4.69, 9.17) is 5.73 Å². The summed E-state index contributed by atoms with van der Waals surface area (Å²) in [5.41, 5.74) is 6.24. The molecule has 0 aliphatic heterocycles. The second kappa shape index (κ2) is 3.61. The number of nitrogens with two attached hydrogens (primary N) is 1. The maximum Gasteiger partial charge on any atom is 0.123 e. The Labute approximate surface area is 84.5 Å². The largest absolute Gasteiger partial charge is 0.368 e. The molecule has 1 saturated carbocycles. The molecule has 78 valence electrons. The van der Waals surface area contributed by atoms with Crippen molar-refractivity contribution in [2.75, 3.05) is 11.9 Å². The van der Waals surface area contributed by atoms with E-state index in [1.807, 2.05) is 17.8 Å². The van der Waals surface area contributed by atoms with Crippen molar-refractivity contribution in [3.05, 3.63) is 12.3 Å². The molecule has 3 N–H and O–H groups in total. The number of hydrogen-bond donors (Lipinski definition) is 2. The average Bonchev–Trinajstić information content (AvgIpc) is 2.73. The van der Waals surface area contributed by atoms with Crippen LogP contribution in [0.15, 0.2) is 12.3 Å². The van der Waals surface area contributed by atoms with Crippen LogP contribution in [-0.2, 0) is 7.05 Å². The Morgan fingerprint density at radius 3 is 2.86 bits per heavy atom. The Kier molecular flexibility index (Phi) is 2.46. The van der Waals surface area contributed by atoms with Gasteiger partial charge in [0.15, 0.2) is 0 Å². The standard InChI is InChI=1S/C10H18N4/c1-14-9(4-7-13-14)12-8-10(11)5-2-3-6-10/h4,7,12H,2-3,5-6,8,11H2,1H3. The molecular weight excluding hydrogens is 176 g/mol. The predicted octanol–water partition coefficient (Wildman–Crippen LogP) is 1.10. The first kappa shape index (κ1) is 9.52. The van der Waals surface area contributed by atoms with E-state index in [0.717, 1.165) is 25.2 Å². The van der Waals surface area contributed by atoms with E-state index >= 15 is 0 Å². The zero-order chi connectivity index (χ0) is 10.0. The van der Waals surface area contributed by atoms with Crippen LogP contribution in [0.5, 0.6) is 0 Å². The fourth-order valence-electron chi connectivity index (χ4n) is 2.07. The number of nitrogens with zero attached hydrogens (tertiary/aromatic N) is 2. The second-order valence-corrected chi connectivity index (χ2v) is 4.26. The van der Waals surface area contributed by atoms with E-state index in [9.17, 15) is 0 Å². The summed E-state index contributed by atoms with van der Waals surface area (Å²) in [5.74, 6) is 1.04. The van der Waals surface area contributed by atoms with E-state index in [2.05, 4.69) is 10.4 Å². The third-order valence-corrected chi connectivity index (χ3v) is 3.04. The minimum Gasteiger partial charge on any atom is -0.368 e. The number of nitrogens with one attached hydrogen (secondary N) is 1. The molecule has 0 atom stereocenters. The molecule has 0 amide bonds. The van der Waals surface area contributed by atoms with Crippen LogP contribution >= 0.6 is 0 Å². The Morgan fingerprint density at radius 2 is 2.29 bits per heavy atom. The zero-order valence-electron chi connectivity index (χ0n) is 8.66. The van der Waals surface area contributed by atoms with Crippen LogP contribution in [0.3, 0.4) is 0 Å². The molecule has 2 rings (SSSR count). The van der Waals surface area contributed by atoms with E-state index in [-0.39, 0.29) is 5.54 Å². The minimum atomic E-state index is 0.00424. The van der Waals surface area contributed by atoms with Gasteiger partial charge in [-0.1, -0.05) is 12.8 Å². The van der Waals surface area contributed by atoms with Gasteiger partial charge < -0.3 is 11.1 Å². The van der Waals surface area contributed by atoms with Gasteiger partial charge in [-0.05, 0) is 12.8 Å². The Bertz CT molecular complexity index is 299. The molecule has 0 unspecified atom stereocenters. The molecule has 14 heavy (non-hydrogen) atoms. The van der Waals surface area contributed by atoms with Crippen LogP contribution in [0.25, 0.3) is 0 Å². The number of aryl methyl sites for hydroxylation is 1. The fourth-order valence-corrected chi connectivity index (χ4v) is 2.07. The van der Waals surface area contributed by atoms with Crippen molar-refractivity contribution in [1.29, 1.82) is 0 Å². The average molecular weight is 194 g/mol. The molecule has 4 heteroatoms. The van der Waals surface area contributed by atoms with Crippen LogP contribution in [0.2, 0.25) is 0 Å². The molecule has 1 aromatic rings. The Balaban J connectivity index is 1.91. The highest BCUT2D eigenvalue weighted by molar-refractivity contribution is 5.34. The molecule has 0 radical (unpaired) electrons. The van der Waals surface area contributed by atoms with Gasteiger partial charge in [0.05, 0.1) is 6.20 Å². The minimum absolute atomic E-state index is 0.00424. The number of aromatic nitrogens is 2. The van der Waals surface area contributed by atoms with Gasteiger partial charge >= 0.3 is 0 Å². The number of anilines is 1. The topological polar surface area (TPSA) is 55.9 Å². The van der Waals surface area contributed by atoms with Gasteiger partial charge in [0.1, 0.15) is 5.82 Å². The van der Waals surface area contributed by atoms with E-state index in [0.29, 0.717) is 0 Å². The Morgan fingerprint density at radius 1 is 1.57 bits per heavy atom. The lowest BCUT2D eigenvalue weighted by Gasteiger charge is -2.24. The van der Waals surface area contributed by atoms with E-state index in [1.54, 1.807) is 6.20 Å². The maximum atomic E-state index is 6.23. The normalized spacial score (nSPS) is 19.9. The molecule has 1 fully saturated rings. The molecule has 1 heterocycles. The molecule has 1 aliphatic rings. The first-order valence-electron chi connectivity index (χ1n) is 5.20. The van der Waals surface area contributed by atoms with Gasteiger partial charge in [0, 0.05) is 25.2 Å². The lowest BCUT2D eigenvalue weighted by molar-refractivity contribution is 0.462. The number of rotatable bonds is 3. The van der Waals surface area contributed by atoms with Gasteiger partial charge in [0.25, 0.3) is 0 Å². The van der Waals surface area contributed by atoms with Crippen LogP contribution < -0.4 is 11.1 Å². The van der Waals surface area contributed by atoms with Gasteiger partial charge in [-0.25, -0.2) is 0 Å². The monoisotopic (exact) mass is 194 g/mol. The molecule has 4 nitrogen and oxygen atoms in total. The first-order valence-corrected chi connectivity index (χ1v) is 5.20. The fraction of sp³-hybridized carbons (Fsp3) is 0.700. The highest BCUT2D eigenvalue weighted by Gasteiger charge is 2.28. The summed E-state index contributed by atoms with van der Waals surface area (Å²) in [5, 5.41) is 7.45. The van der Waals surface area contributed by atoms with Gasteiger partial charge in [-0.2, -0.15) is 5.10 Å². The van der Waals surface area contributed by atoms with E-state index in [1.165, 1.54) is 12.8 Å². The highest BCUT2D eigenvalue weighted by Crippen LogP contribution is 2.27. The predicted molar refractivity (Wildman–Crippen MR) is 57.1 cm³/mol. The smallest absolute Gasteiger partial charge is 0.123 e. The van der Waals surface area contributed by atoms with Crippen molar-refractivity contribution in [2.24, 2.45) is 12.8 Å². The van der Waals surface area contributed by atoms with Crippen LogP contribution in [0.4, 0.5) is 5.82 Å². The van der Waals surface area contributed by atoms with E-state index < -0.39 is 0 Å². The summed E-state index contributed by atoms with van der Waals surface area (Å²) in [7, 11) is 1.93. The molecule has 0 bridgehead atoms. The SMILES string of the molecule is Cn1nccc1NCC1(N)CCCC1. The quantitative estimate of drug-likeness (QED) is 0.757. The first-order chi connectivity index (χ1) is 6.70. The van der Waals surface area contributed by atoms with Crippen LogP contribution in [0.1, 0.15) is 25.7 Å². The van der Waals surface area contributed by atoms with Gasteiger partial charge in [-0.3, -0.25) is 4.68 Å². The molecule has 0 spiro atoms. The summed E-state index contributed by atoms with van der Waals surface area (Å²) in [6, 6.07) is 1.97. The summed E-state index contributed by atoms with van der Waals surface area (Å²) in [6.07, 6.45) is 6.60. The van der Waals surface area contributed by atoms with Gasteiger partial charge in [-0.15, -0.1) is 0 Å². The highest BCUT2D eigenvalue weighted by atomic mass is 15.3. The van der Waals surface area contributed by atoms with Crippen molar-refractivity contribution in [3.8, 4) is 0 Å². The zero-order valence-corrected chi connectivity index (χ0v) is 8.66. The van der Waals surface area contributed by atoms with Gasteiger partial charge in [0.2, 0.25) is 0 Å². The molecule has 1 aliphatic carbocycles. The van der Waals surface area contributed by atoms with Crippen molar-refractivity contribution < 1.29 is 0 Å². The summed E-state index contributed by atoms with van der Waals surface area (Å²) >= 11 is 0. The summed E-state index contributed by atoms with van der Waals surface area (Å²) < 4.78 is 1.83. The summed E-state index contributed by atoms with van der Waals surface area (Å²) in [4.78, 5) is 0. The lowest BCUT2D eigenvalue weighted by atomic mass is 9.99. The molecular formula is C10H18N4. The van der Waals surface area contributed by atoms with Crippen LogP contribution in [0, 0.1) is 0 Å². The molecule has 0 saturated heterocycles. The van der Waals surface area contributed by atoms with Crippen molar-refractivity contribution in [2.45, 2.75) is 31.2 Å². The van der Waals surface area contributed by atoms with Crippen LogP contribution in [-0.4, -0.2) is 21.9 Å². The van der Waals surface area contributed by atoms with Crippen molar-refractivity contribution in [3.63, 3.8) is 0 Å². The molecule has 0 aromatic carbocycles. The maximum absolute atomic E-state index is 6.23. The summed E-state index contributed by atoms with van der Waals surface area (Å²) in [6.45, 7) is 0.854.